The van der Waals surface area contributed by atoms with Crippen molar-refractivity contribution in [1.82, 2.24) is 4.90 Å². The highest BCUT2D eigenvalue weighted by Gasteiger charge is 2.29. The van der Waals surface area contributed by atoms with Crippen molar-refractivity contribution >= 4 is 0 Å². The summed E-state index contributed by atoms with van der Waals surface area (Å²) in [7, 11) is 0. The van der Waals surface area contributed by atoms with Gasteiger partial charge in [-0.15, -0.1) is 0 Å². The van der Waals surface area contributed by atoms with E-state index in [9.17, 15) is 0 Å². The molecule has 19 heavy (non-hydrogen) atoms. The van der Waals surface area contributed by atoms with Gasteiger partial charge in [0.25, 0.3) is 0 Å². The average Bonchev–Trinajstić information content (AvgIpc) is 2.82. The number of hydrogen-bond donors (Lipinski definition) is 1. The fourth-order valence-electron chi connectivity index (χ4n) is 2.88. The maximum Gasteiger partial charge on any atom is 0.0699 e. The van der Waals surface area contributed by atoms with Crippen LogP contribution in [0.5, 0.6) is 0 Å². The van der Waals surface area contributed by atoms with Gasteiger partial charge in [-0.05, 0) is 49.4 Å². The average molecular weight is 260 g/mol. The van der Waals surface area contributed by atoms with Crippen LogP contribution in [0.4, 0.5) is 0 Å². The zero-order chi connectivity index (χ0) is 14.1. The van der Waals surface area contributed by atoms with E-state index >= 15 is 0 Å². The summed E-state index contributed by atoms with van der Waals surface area (Å²) >= 11 is 0. The lowest BCUT2D eigenvalue weighted by molar-refractivity contribution is 0.142. The molecule has 0 amide bonds. The molecule has 1 aromatic rings. The molecule has 1 fully saturated rings. The van der Waals surface area contributed by atoms with Crippen LogP contribution in [0.3, 0.4) is 0 Å². The zero-order valence-corrected chi connectivity index (χ0v) is 12.9. The number of likely N-dealkylation sites (tertiary alicyclic amines) is 1. The third kappa shape index (κ3) is 3.58. The molecule has 0 aromatic heterocycles. The number of benzene rings is 1. The highest BCUT2D eigenvalue weighted by molar-refractivity contribution is 5.28. The van der Waals surface area contributed by atoms with E-state index in [1.54, 1.807) is 0 Å². The number of rotatable bonds is 3. The molecule has 1 unspecified atom stereocenters. The van der Waals surface area contributed by atoms with Gasteiger partial charge in [-0.3, -0.25) is 4.90 Å². The van der Waals surface area contributed by atoms with Crippen LogP contribution in [0.15, 0.2) is 24.3 Å². The monoisotopic (exact) mass is 260 g/mol. The summed E-state index contributed by atoms with van der Waals surface area (Å²) in [6.45, 7) is 11.2. The third-order valence-electron chi connectivity index (χ3n) is 4.21. The van der Waals surface area contributed by atoms with Crippen LogP contribution >= 0.6 is 0 Å². The second kappa shape index (κ2) is 5.26. The van der Waals surface area contributed by atoms with Crippen LogP contribution in [0.25, 0.3) is 0 Å². The minimum absolute atomic E-state index is 0.209. The van der Waals surface area contributed by atoms with Gasteiger partial charge in [-0.2, -0.15) is 0 Å². The van der Waals surface area contributed by atoms with Gasteiger partial charge in [0.15, 0.2) is 0 Å². The Hall–Kier alpha value is -0.860. The van der Waals surface area contributed by atoms with Crippen LogP contribution in [0.2, 0.25) is 0 Å². The Bertz CT molecular complexity index is 406. The first kappa shape index (κ1) is 14.5. The molecule has 0 aliphatic carbocycles. The van der Waals surface area contributed by atoms with E-state index < -0.39 is 0 Å². The molecule has 1 saturated heterocycles. The molecule has 2 heteroatoms. The van der Waals surface area contributed by atoms with Crippen LogP contribution in [-0.4, -0.2) is 23.7 Å². The quantitative estimate of drug-likeness (QED) is 0.903. The lowest BCUT2D eigenvalue weighted by Gasteiger charge is -2.35. The van der Waals surface area contributed by atoms with Crippen molar-refractivity contribution in [2.75, 3.05) is 13.1 Å². The Morgan fingerprint density at radius 3 is 2.00 bits per heavy atom. The van der Waals surface area contributed by atoms with E-state index in [0.29, 0.717) is 0 Å². The fourth-order valence-corrected chi connectivity index (χ4v) is 2.88. The second-order valence-corrected chi connectivity index (χ2v) is 7.18. The predicted molar refractivity (Wildman–Crippen MR) is 82.2 cm³/mol. The molecule has 0 radical (unpaired) electrons. The van der Waals surface area contributed by atoms with Gasteiger partial charge in [-0.1, -0.05) is 45.0 Å². The molecule has 1 aliphatic rings. The van der Waals surface area contributed by atoms with Crippen LogP contribution in [0.1, 0.15) is 51.7 Å². The molecule has 2 nitrogen and oxygen atoms in total. The van der Waals surface area contributed by atoms with E-state index in [-0.39, 0.29) is 11.1 Å². The lowest BCUT2D eigenvalue weighted by atomic mass is 9.86. The predicted octanol–water partition coefficient (Wildman–Crippen LogP) is 3.30. The van der Waals surface area contributed by atoms with Crippen molar-refractivity contribution in [2.45, 2.75) is 58.0 Å². The standard InChI is InChI=1S/C17H28N2/c1-16(2,3)15-9-7-14(8-10-15)13-17(4,18)19-11-5-6-12-19/h7-10H,5-6,11-13,18H2,1-4H3. The smallest absolute Gasteiger partial charge is 0.0699 e. The molecule has 1 atom stereocenters. The summed E-state index contributed by atoms with van der Waals surface area (Å²) in [6, 6.07) is 8.97. The maximum absolute atomic E-state index is 6.50. The van der Waals surface area contributed by atoms with Crippen LogP contribution in [0, 0.1) is 0 Å². The first-order valence-electron chi connectivity index (χ1n) is 7.42. The highest BCUT2D eigenvalue weighted by Crippen LogP contribution is 2.25. The minimum Gasteiger partial charge on any atom is -0.313 e. The van der Waals surface area contributed by atoms with E-state index in [4.69, 9.17) is 5.73 Å². The highest BCUT2D eigenvalue weighted by atomic mass is 15.3. The van der Waals surface area contributed by atoms with Crippen molar-refractivity contribution in [2.24, 2.45) is 5.73 Å². The summed E-state index contributed by atoms with van der Waals surface area (Å²) in [4.78, 5) is 2.42. The van der Waals surface area contributed by atoms with E-state index in [1.807, 2.05) is 0 Å². The Balaban J connectivity index is 2.06. The first-order chi connectivity index (χ1) is 8.79. The van der Waals surface area contributed by atoms with Gasteiger partial charge in [0.05, 0.1) is 5.66 Å². The first-order valence-corrected chi connectivity index (χ1v) is 7.42. The molecular weight excluding hydrogens is 232 g/mol. The van der Waals surface area contributed by atoms with Gasteiger partial charge < -0.3 is 5.73 Å². The van der Waals surface area contributed by atoms with Crippen molar-refractivity contribution in [3.05, 3.63) is 35.4 Å². The van der Waals surface area contributed by atoms with Gasteiger partial charge >= 0.3 is 0 Å². The van der Waals surface area contributed by atoms with Crippen molar-refractivity contribution < 1.29 is 0 Å². The SMILES string of the molecule is CC(C)(C)c1ccc(CC(C)(N)N2CCCC2)cc1. The molecule has 2 N–H and O–H groups in total. The Labute approximate surface area is 118 Å². The number of nitrogens with two attached hydrogens (primary N) is 1. The summed E-state index contributed by atoms with van der Waals surface area (Å²) in [5.74, 6) is 0. The fraction of sp³-hybridized carbons (Fsp3) is 0.647. The van der Waals surface area contributed by atoms with Crippen molar-refractivity contribution in [1.29, 1.82) is 0 Å². The molecule has 2 rings (SSSR count). The molecule has 1 aliphatic heterocycles. The molecule has 1 aromatic carbocycles. The molecular formula is C17H28N2. The van der Waals surface area contributed by atoms with Gasteiger partial charge in [-0.25, -0.2) is 0 Å². The van der Waals surface area contributed by atoms with E-state index in [0.717, 1.165) is 19.5 Å². The van der Waals surface area contributed by atoms with Crippen molar-refractivity contribution in [3.63, 3.8) is 0 Å². The number of hydrogen-bond acceptors (Lipinski definition) is 2. The Morgan fingerprint density at radius 1 is 1.00 bits per heavy atom. The zero-order valence-electron chi connectivity index (χ0n) is 12.9. The topological polar surface area (TPSA) is 29.3 Å². The third-order valence-corrected chi connectivity index (χ3v) is 4.21. The number of nitrogens with zero attached hydrogens (tertiary/aromatic N) is 1. The molecule has 1 heterocycles. The lowest BCUT2D eigenvalue weighted by Crippen LogP contribution is -2.53. The summed E-state index contributed by atoms with van der Waals surface area (Å²) in [6.07, 6.45) is 3.50. The summed E-state index contributed by atoms with van der Waals surface area (Å²) in [5.41, 5.74) is 9.24. The maximum atomic E-state index is 6.50. The van der Waals surface area contributed by atoms with Crippen LogP contribution < -0.4 is 5.73 Å². The van der Waals surface area contributed by atoms with Crippen molar-refractivity contribution in [3.8, 4) is 0 Å². The Kier molecular flexibility index (Phi) is 4.03. The molecule has 0 bridgehead atoms. The largest absolute Gasteiger partial charge is 0.313 e. The molecule has 106 valence electrons. The normalized spacial score (nSPS) is 20.5. The second-order valence-electron chi connectivity index (χ2n) is 7.18. The molecule has 0 spiro atoms. The summed E-state index contributed by atoms with van der Waals surface area (Å²) < 4.78 is 0. The van der Waals surface area contributed by atoms with Gasteiger partial charge in [0.2, 0.25) is 0 Å². The Morgan fingerprint density at radius 2 is 1.53 bits per heavy atom. The van der Waals surface area contributed by atoms with E-state index in [2.05, 4.69) is 56.9 Å². The van der Waals surface area contributed by atoms with E-state index in [1.165, 1.54) is 24.0 Å². The van der Waals surface area contributed by atoms with Gasteiger partial charge in [0, 0.05) is 6.42 Å². The summed E-state index contributed by atoms with van der Waals surface area (Å²) in [5, 5.41) is 0. The van der Waals surface area contributed by atoms with Gasteiger partial charge in [0.1, 0.15) is 0 Å². The van der Waals surface area contributed by atoms with Crippen LogP contribution in [-0.2, 0) is 11.8 Å². The minimum atomic E-state index is -0.209. The molecule has 0 saturated carbocycles.